The molecular formula is C18H22N4S. The fourth-order valence-corrected chi connectivity index (χ4v) is 3.40. The quantitative estimate of drug-likeness (QED) is 0.716. The van der Waals surface area contributed by atoms with Crippen molar-refractivity contribution in [3.8, 4) is 0 Å². The van der Waals surface area contributed by atoms with Gasteiger partial charge < -0.3 is 10.2 Å². The molecule has 0 radical (unpaired) electrons. The van der Waals surface area contributed by atoms with Gasteiger partial charge in [0.25, 0.3) is 0 Å². The van der Waals surface area contributed by atoms with Gasteiger partial charge in [0.1, 0.15) is 5.82 Å². The summed E-state index contributed by atoms with van der Waals surface area (Å²) in [6, 6.07) is 8.51. The van der Waals surface area contributed by atoms with E-state index in [-0.39, 0.29) is 0 Å². The number of hydrogen-bond acceptors (Lipinski definition) is 5. The van der Waals surface area contributed by atoms with Crippen LogP contribution in [0.4, 0.5) is 5.82 Å². The van der Waals surface area contributed by atoms with Gasteiger partial charge in [-0.05, 0) is 48.6 Å². The molecule has 0 unspecified atom stereocenters. The van der Waals surface area contributed by atoms with Crippen LogP contribution in [0.25, 0.3) is 10.2 Å². The third kappa shape index (κ3) is 3.86. The number of thiophene rings is 1. The first kappa shape index (κ1) is 15.9. The van der Waals surface area contributed by atoms with E-state index in [4.69, 9.17) is 0 Å². The van der Waals surface area contributed by atoms with Gasteiger partial charge in [-0.2, -0.15) is 0 Å². The summed E-state index contributed by atoms with van der Waals surface area (Å²) in [6.45, 7) is 7.91. The van der Waals surface area contributed by atoms with Crippen LogP contribution < -0.4 is 10.2 Å². The molecule has 5 heteroatoms. The number of pyridine rings is 2. The molecule has 0 atom stereocenters. The van der Waals surface area contributed by atoms with Crippen LogP contribution in [0.3, 0.4) is 0 Å². The number of nitrogens with zero attached hydrogens (tertiary/aromatic N) is 3. The summed E-state index contributed by atoms with van der Waals surface area (Å²) in [5, 5.41) is 5.54. The van der Waals surface area contributed by atoms with Crippen molar-refractivity contribution < 1.29 is 0 Å². The van der Waals surface area contributed by atoms with Crippen LogP contribution >= 0.6 is 11.3 Å². The molecule has 0 aliphatic heterocycles. The van der Waals surface area contributed by atoms with Gasteiger partial charge in [0.15, 0.2) is 0 Å². The van der Waals surface area contributed by atoms with E-state index in [0.717, 1.165) is 37.5 Å². The molecule has 3 rings (SSSR count). The third-order valence-corrected chi connectivity index (χ3v) is 4.77. The molecule has 1 N–H and O–H groups in total. The molecule has 120 valence electrons. The number of fused-ring (bicyclic) bond motifs is 1. The molecule has 0 aromatic carbocycles. The fourth-order valence-electron chi connectivity index (χ4n) is 2.59. The highest BCUT2D eigenvalue weighted by atomic mass is 32.1. The molecule has 0 bridgehead atoms. The summed E-state index contributed by atoms with van der Waals surface area (Å²) in [5.41, 5.74) is 3.49. The maximum Gasteiger partial charge on any atom is 0.128 e. The first-order chi connectivity index (χ1) is 11.3. The Kier molecular flexibility index (Phi) is 5.20. The Bertz CT molecular complexity index is 747. The summed E-state index contributed by atoms with van der Waals surface area (Å²) in [4.78, 5) is 11.3. The highest BCUT2D eigenvalue weighted by Crippen LogP contribution is 2.19. The molecule has 0 saturated carbocycles. The minimum absolute atomic E-state index is 0.813. The smallest absolute Gasteiger partial charge is 0.128 e. The Morgan fingerprint density at radius 3 is 2.52 bits per heavy atom. The van der Waals surface area contributed by atoms with Crippen LogP contribution in [-0.4, -0.2) is 23.1 Å². The van der Waals surface area contributed by atoms with Crippen LogP contribution in [-0.2, 0) is 13.1 Å². The lowest BCUT2D eigenvalue weighted by molar-refractivity contribution is 0.690. The molecule has 0 aliphatic rings. The number of rotatable bonds is 7. The number of anilines is 1. The standard InChI is InChI=1S/C18H22N4S/c1-3-22(4-2)18-6-5-14(12-21-18)10-19-11-15-9-17-16(20-13-15)7-8-23-17/h5-9,12-13,19H,3-4,10-11H2,1-2H3. The van der Waals surface area contributed by atoms with Gasteiger partial charge in [-0.15, -0.1) is 11.3 Å². The van der Waals surface area contributed by atoms with Gasteiger partial charge in [0.2, 0.25) is 0 Å². The summed E-state index contributed by atoms with van der Waals surface area (Å²) in [5.74, 6) is 1.05. The highest BCUT2D eigenvalue weighted by Gasteiger charge is 2.03. The van der Waals surface area contributed by atoms with Gasteiger partial charge in [0.05, 0.1) is 10.2 Å². The van der Waals surface area contributed by atoms with E-state index < -0.39 is 0 Å². The SMILES string of the molecule is CCN(CC)c1ccc(CNCc2cnc3ccsc3c2)cn1. The van der Waals surface area contributed by atoms with E-state index in [9.17, 15) is 0 Å². The molecule has 0 fully saturated rings. The molecule has 3 aromatic heterocycles. The number of hydrogen-bond donors (Lipinski definition) is 1. The maximum atomic E-state index is 4.56. The third-order valence-electron chi connectivity index (χ3n) is 3.91. The second-order valence-electron chi connectivity index (χ2n) is 5.45. The predicted molar refractivity (Wildman–Crippen MR) is 98.0 cm³/mol. The van der Waals surface area contributed by atoms with Gasteiger partial charge in [0, 0.05) is 38.6 Å². The van der Waals surface area contributed by atoms with Crippen LogP contribution in [0.1, 0.15) is 25.0 Å². The average molecular weight is 326 g/mol. The lowest BCUT2D eigenvalue weighted by Gasteiger charge is -2.19. The lowest BCUT2D eigenvalue weighted by atomic mass is 10.2. The summed E-state index contributed by atoms with van der Waals surface area (Å²) in [6.07, 6.45) is 3.91. The van der Waals surface area contributed by atoms with Crippen molar-refractivity contribution in [1.82, 2.24) is 15.3 Å². The van der Waals surface area contributed by atoms with Crippen LogP contribution in [0.2, 0.25) is 0 Å². The molecule has 3 aromatic rings. The second-order valence-corrected chi connectivity index (χ2v) is 6.40. The van der Waals surface area contributed by atoms with Crippen molar-refractivity contribution in [1.29, 1.82) is 0 Å². The monoisotopic (exact) mass is 326 g/mol. The fraction of sp³-hybridized carbons (Fsp3) is 0.333. The molecular weight excluding hydrogens is 304 g/mol. The highest BCUT2D eigenvalue weighted by molar-refractivity contribution is 7.17. The Morgan fingerprint density at radius 1 is 1.00 bits per heavy atom. The normalized spacial score (nSPS) is 11.0. The van der Waals surface area contributed by atoms with Crippen LogP contribution in [0, 0.1) is 0 Å². The lowest BCUT2D eigenvalue weighted by Crippen LogP contribution is -2.23. The van der Waals surface area contributed by atoms with Crippen molar-refractivity contribution in [2.24, 2.45) is 0 Å². The minimum Gasteiger partial charge on any atom is -0.357 e. The van der Waals surface area contributed by atoms with Gasteiger partial charge in [-0.3, -0.25) is 4.98 Å². The first-order valence-electron chi connectivity index (χ1n) is 8.03. The maximum absolute atomic E-state index is 4.56. The van der Waals surface area contributed by atoms with Gasteiger partial charge in [-0.1, -0.05) is 6.07 Å². The van der Waals surface area contributed by atoms with Gasteiger partial charge in [-0.25, -0.2) is 4.98 Å². The second kappa shape index (κ2) is 7.53. The van der Waals surface area contributed by atoms with E-state index in [1.165, 1.54) is 15.8 Å². The van der Waals surface area contributed by atoms with Crippen molar-refractivity contribution >= 4 is 27.4 Å². The summed E-state index contributed by atoms with van der Waals surface area (Å²) < 4.78 is 1.24. The van der Waals surface area contributed by atoms with E-state index in [0.29, 0.717) is 0 Å². The van der Waals surface area contributed by atoms with Crippen molar-refractivity contribution in [3.05, 3.63) is 53.2 Å². The zero-order chi connectivity index (χ0) is 16.1. The Labute approximate surface area is 141 Å². The van der Waals surface area contributed by atoms with Gasteiger partial charge >= 0.3 is 0 Å². The summed E-state index contributed by atoms with van der Waals surface area (Å²) in [7, 11) is 0. The zero-order valence-electron chi connectivity index (χ0n) is 13.6. The molecule has 3 heterocycles. The Balaban J connectivity index is 1.55. The molecule has 4 nitrogen and oxygen atoms in total. The number of nitrogens with one attached hydrogen (secondary N) is 1. The molecule has 0 amide bonds. The van der Waals surface area contributed by atoms with Crippen molar-refractivity contribution in [2.45, 2.75) is 26.9 Å². The molecule has 23 heavy (non-hydrogen) atoms. The Hall–Kier alpha value is -1.98. The molecule has 0 saturated heterocycles. The predicted octanol–water partition coefficient (Wildman–Crippen LogP) is 3.83. The van der Waals surface area contributed by atoms with Crippen molar-refractivity contribution in [3.63, 3.8) is 0 Å². The van der Waals surface area contributed by atoms with E-state index in [1.54, 1.807) is 11.3 Å². The topological polar surface area (TPSA) is 41.0 Å². The van der Waals surface area contributed by atoms with Crippen LogP contribution in [0.5, 0.6) is 0 Å². The number of aromatic nitrogens is 2. The van der Waals surface area contributed by atoms with Crippen LogP contribution in [0.15, 0.2) is 42.0 Å². The molecule has 0 aliphatic carbocycles. The first-order valence-corrected chi connectivity index (χ1v) is 8.90. The van der Waals surface area contributed by atoms with E-state index in [2.05, 4.69) is 63.7 Å². The van der Waals surface area contributed by atoms with Crippen molar-refractivity contribution in [2.75, 3.05) is 18.0 Å². The Morgan fingerprint density at radius 2 is 1.78 bits per heavy atom. The minimum atomic E-state index is 0.813. The van der Waals surface area contributed by atoms with E-state index >= 15 is 0 Å². The largest absolute Gasteiger partial charge is 0.357 e. The average Bonchev–Trinajstić information content (AvgIpc) is 3.05. The zero-order valence-corrected chi connectivity index (χ0v) is 14.4. The van der Waals surface area contributed by atoms with E-state index in [1.807, 2.05) is 12.4 Å². The molecule has 0 spiro atoms. The summed E-state index contributed by atoms with van der Waals surface area (Å²) >= 11 is 1.73.